The monoisotopic (exact) mass is 480 g/mol. The number of rotatable bonds is 7. The van der Waals surface area contributed by atoms with Crippen LogP contribution in [0.4, 0.5) is 11.4 Å². The molecule has 1 amide bonds. The maximum Gasteiger partial charge on any atom is 0.265 e. The summed E-state index contributed by atoms with van der Waals surface area (Å²) >= 11 is 5.93. The quantitative estimate of drug-likeness (QED) is 0.355. The molecule has 0 saturated carbocycles. The van der Waals surface area contributed by atoms with Crippen molar-refractivity contribution < 1.29 is 17.9 Å². The molecule has 2 N–H and O–H groups in total. The molecule has 0 unspecified atom stereocenters. The number of ether oxygens (including phenoxy) is 1. The molecule has 6 nitrogen and oxygen atoms in total. The number of fused-ring (bicyclic) bond motifs is 1. The zero-order chi connectivity index (χ0) is 23.4. The molecule has 0 heterocycles. The molecule has 4 aromatic carbocycles. The molecule has 0 radical (unpaired) electrons. The first-order chi connectivity index (χ1) is 15.8. The molecule has 0 spiro atoms. The van der Waals surface area contributed by atoms with E-state index in [1.165, 1.54) is 24.3 Å². The fourth-order valence-electron chi connectivity index (χ4n) is 3.28. The summed E-state index contributed by atoms with van der Waals surface area (Å²) in [5.74, 6) is 0.102. The molecule has 0 saturated heterocycles. The van der Waals surface area contributed by atoms with Gasteiger partial charge in [-0.3, -0.25) is 9.52 Å². The van der Waals surface area contributed by atoms with Crippen molar-refractivity contribution in [2.75, 3.05) is 10.0 Å². The fraction of sp³-hybridized carbons (Fsp3) is 0.0800. The number of hydrogen-bond acceptors (Lipinski definition) is 4. The molecule has 4 aromatic rings. The largest absolute Gasteiger partial charge is 0.481 e. The highest BCUT2D eigenvalue weighted by atomic mass is 35.5. The lowest BCUT2D eigenvalue weighted by molar-refractivity contribution is -0.122. The highest BCUT2D eigenvalue weighted by molar-refractivity contribution is 7.92. The molecule has 0 aliphatic rings. The Morgan fingerprint density at radius 3 is 2.36 bits per heavy atom. The maximum absolute atomic E-state index is 12.9. The zero-order valence-corrected chi connectivity index (χ0v) is 19.2. The molecule has 33 heavy (non-hydrogen) atoms. The lowest BCUT2D eigenvalue weighted by atomic mass is 10.1. The van der Waals surface area contributed by atoms with Gasteiger partial charge in [-0.2, -0.15) is 0 Å². The van der Waals surface area contributed by atoms with Crippen LogP contribution >= 0.6 is 11.6 Å². The molecular formula is C25H21ClN2O4S. The molecule has 0 aliphatic heterocycles. The summed E-state index contributed by atoms with van der Waals surface area (Å²) in [5, 5.41) is 4.97. The smallest absolute Gasteiger partial charge is 0.265 e. The number of anilines is 2. The molecule has 168 valence electrons. The minimum absolute atomic E-state index is 0.0802. The summed E-state index contributed by atoms with van der Waals surface area (Å²) in [6.45, 7) is 1.61. The number of nitrogens with one attached hydrogen (secondary N) is 2. The van der Waals surface area contributed by atoms with Gasteiger partial charge >= 0.3 is 0 Å². The SMILES string of the molecule is C[C@H](Oc1cccc(Cl)c1)C(=O)Nc1ccc(S(=O)(=O)Nc2cccc3ccccc23)cc1. The minimum Gasteiger partial charge on any atom is -0.481 e. The first-order valence-corrected chi connectivity index (χ1v) is 12.0. The van der Waals surface area contributed by atoms with E-state index in [-0.39, 0.29) is 10.8 Å². The van der Waals surface area contributed by atoms with E-state index in [9.17, 15) is 13.2 Å². The van der Waals surface area contributed by atoms with Crippen LogP contribution in [0.2, 0.25) is 5.02 Å². The number of sulfonamides is 1. The van der Waals surface area contributed by atoms with Crippen LogP contribution in [0.3, 0.4) is 0 Å². The predicted molar refractivity (Wildman–Crippen MR) is 131 cm³/mol. The van der Waals surface area contributed by atoms with Gasteiger partial charge in [-0.15, -0.1) is 0 Å². The van der Waals surface area contributed by atoms with Gasteiger partial charge in [0.15, 0.2) is 6.10 Å². The Morgan fingerprint density at radius 2 is 1.61 bits per heavy atom. The first-order valence-electron chi connectivity index (χ1n) is 10.2. The molecule has 0 bridgehead atoms. The average molecular weight is 481 g/mol. The van der Waals surface area contributed by atoms with E-state index in [0.717, 1.165) is 10.8 Å². The summed E-state index contributed by atoms with van der Waals surface area (Å²) < 4.78 is 34.0. The summed E-state index contributed by atoms with van der Waals surface area (Å²) in [5.41, 5.74) is 0.947. The van der Waals surface area contributed by atoms with Gasteiger partial charge in [0.05, 0.1) is 10.6 Å². The summed E-state index contributed by atoms with van der Waals surface area (Å²) in [6, 6.07) is 25.7. The topological polar surface area (TPSA) is 84.5 Å². The zero-order valence-electron chi connectivity index (χ0n) is 17.7. The Morgan fingerprint density at radius 1 is 0.909 bits per heavy atom. The standard InChI is InChI=1S/C25H21ClN2O4S/c1-17(32-21-9-5-8-19(26)16-21)25(29)27-20-12-14-22(15-13-20)33(30,31)28-24-11-4-7-18-6-2-3-10-23(18)24/h2-17,28H,1H3,(H,27,29)/t17-/m0/s1. The molecule has 8 heteroatoms. The summed E-state index contributed by atoms with van der Waals surface area (Å²) in [7, 11) is -3.81. The third kappa shape index (κ3) is 5.45. The van der Waals surface area contributed by atoms with Crippen LogP contribution < -0.4 is 14.8 Å². The normalized spacial score (nSPS) is 12.2. The van der Waals surface area contributed by atoms with Crippen LogP contribution in [0.25, 0.3) is 10.8 Å². The Hall–Kier alpha value is -3.55. The van der Waals surface area contributed by atoms with Gasteiger partial charge in [-0.25, -0.2) is 8.42 Å². The van der Waals surface area contributed by atoms with E-state index in [4.69, 9.17) is 16.3 Å². The number of halogens is 1. The van der Waals surface area contributed by atoms with Crippen LogP contribution in [-0.2, 0) is 14.8 Å². The summed E-state index contributed by atoms with van der Waals surface area (Å²) in [4.78, 5) is 12.5. The van der Waals surface area contributed by atoms with Gasteiger partial charge in [0.2, 0.25) is 0 Å². The molecule has 0 aromatic heterocycles. The van der Waals surface area contributed by atoms with Crippen molar-refractivity contribution in [2.24, 2.45) is 0 Å². The van der Waals surface area contributed by atoms with Crippen LogP contribution in [0.5, 0.6) is 5.75 Å². The molecule has 0 fully saturated rings. The van der Waals surface area contributed by atoms with Gasteiger partial charge < -0.3 is 10.1 Å². The Kier molecular flexibility index (Phi) is 6.53. The van der Waals surface area contributed by atoms with E-state index >= 15 is 0 Å². The van der Waals surface area contributed by atoms with Crippen LogP contribution in [0.15, 0.2) is 95.9 Å². The van der Waals surface area contributed by atoms with E-state index in [2.05, 4.69) is 10.0 Å². The minimum atomic E-state index is -3.81. The van der Waals surface area contributed by atoms with E-state index in [1.807, 2.05) is 30.3 Å². The van der Waals surface area contributed by atoms with Gasteiger partial charge in [-0.05, 0) is 60.8 Å². The lowest BCUT2D eigenvalue weighted by Gasteiger charge is -2.15. The molecule has 4 rings (SSSR count). The second kappa shape index (κ2) is 9.52. The second-order valence-corrected chi connectivity index (χ2v) is 9.48. The van der Waals surface area contributed by atoms with E-state index in [0.29, 0.717) is 22.1 Å². The number of amides is 1. The van der Waals surface area contributed by atoms with Gasteiger partial charge in [-0.1, -0.05) is 54.1 Å². The highest BCUT2D eigenvalue weighted by Gasteiger charge is 2.18. The number of carbonyl (C=O) groups is 1. The Bertz CT molecular complexity index is 1400. The van der Waals surface area contributed by atoms with Crippen molar-refractivity contribution in [1.82, 2.24) is 0 Å². The van der Waals surface area contributed by atoms with Gasteiger partial charge in [0.1, 0.15) is 5.75 Å². The van der Waals surface area contributed by atoms with Gasteiger partial charge in [0, 0.05) is 16.1 Å². The Labute approximate surface area is 197 Å². The molecule has 1 atom stereocenters. The van der Waals surface area contributed by atoms with Crippen molar-refractivity contribution in [3.8, 4) is 5.75 Å². The third-order valence-electron chi connectivity index (χ3n) is 4.94. The van der Waals surface area contributed by atoms with Crippen molar-refractivity contribution in [3.05, 3.63) is 96.0 Å². The third-order valence-corrected chi connectivity index (χ3v) is 6.56. The number of carbonyl (C=O) groups excluding carboxylic acids is 1. The first kappa shape index (κ1) is 22.6. The number of benzene rings is 4. The molecular weight excluding hydrogens is 460 g/mol. The Balaban J connectivity index is 1.44. The number of hydrogen-bond donors (Lipinski definition) is 2. The van der Waals surface area contributed by atoms with Crippen molar-refractivity contribution in [2.45, 2.75) is 17.9 Å². The van der Waals surface area contributed by atoms with Crippen molar-refractivity contribution in [1.29, 1.82) is 0 Å². The fourth-order valence-corrected chi connectivity index (χ4v) is 4.54. The van der Waals surface area contributed by atoms with E-state index in [1.54, 1.807) is 43.3 Å². The molecule has 0 aliphatic carbocycles. The summed E-state index contributed by atoms with van der Waals surface area (Å²) in [6.07, 6.45) is -0.778. The van der Waals surface area contributed by atoms with Crippen LogP contribution in [0.1, 0.15) is 6.92 Å². The van der Waals surface area contributed by atoms with Crippen molar-refractivity contribution in [3.63, 3.8) is 0 Å². The van der Waals surface area contributed by atoms with Crippen molar-refractivity contribution >= 4 is 49.7 Å². The second-order valence-electron chi connectivity index (χ2n) is 7.36. The van der Waals surface area contributed by atoms with Gasteiger partial charge in [0.25, 0.3) is 15.9 Å². The van der Waals surface area contributed by atoms with Crippen LogP contribution in [-0.4, -0.2) is 20.4 Å². The highest BCUT2D eigenvalue weighted by Crippen LogP contribution is 2.26. The van der Waals surface area contributed by atoms with Crippen LogP contribution in [0, 0.1) is 0 Å². The predicted octanol–water partition coefficient (Wildman–Crippen LogP) is 5.70. The maximum atomic E-state index is 12.9. The average Bonchev–Trinajstić information content (AvgIpc) is 2.79. The lowest BCUT2D eigenvalue weighted by Crippen LogP contribution is -2.30. The van der Waals surface area contributed by atoms with E-state index < -0.39 is 16.1 Å².